The Bertz CT molecular complexity index is 301. The van der Waals surface area contributed by atoms with E-state index in [9.17, 15) is 9.90 Å². The number of benzene rings is 1. The van der Waals surface area contributed by atoms with Crippen LogP contribution in [0.25, 0.3) is 0 Å². The van der Waals surface area contributed by atoms with Gasteiger partial charge in [0, 0.05) is 0 Å². The summed E-state index contributed by atoms with van der Waals surface area (Å²) in [5, 5.41) is 9.24. The monoisotopic (exact) mass is 293 g/mol. The second kappa shape index (κ2) is 3.91. The highest BCUT2D eigenvalue weighted by Gasteiger charge is 2.13. The first-order valence-electron chi connectivity index (χ1n) is 3.07. The van der Waals surface area contributed by atoms with Crippen molar-refractivity contribution in [1.29, 1.82) is 0 Å². The van der Waals surface area contributed by atoms with Crippen molar-refractivity contribution in [1.82, 2.24) is 2.95 Å². The molecule has 0 bridgehead atoms. The van der Waals surface area contributed by atoms with E-state index in [2.05, 4.69) is 32.3 Å². The van der Waals surface area contributed by atoms with Crippen LogP contribution in [0.1, 0.15) is 10.4 Å². The van der Waals surface area contributed by atoms with Gasteiger partial charge in [-0.1, -0.05) is 12.1 Å². The van der Waals surface area contributed by atoms with Crippen molar-refractivity contribution in [2.45, 2.75) is 0 Å². The molecule has 0 aliphatic rings. The number of hydrogen-bond donors (Lipinski definition) is 1. The van der Waals surface area contributed by atoms with Gasteiger partial charge in [0.05, 0.1) is 37.9 Å². The zero-order valence-electron chi connectivity index (χ0n) is 5.87. The topological polar surface area (TPSA) is 40.5 Å². The summed E-state index contributed by atoms with van der Waals surface area (Å²) in [4.78, 5) is 11.2. The molecule has 3 nitrogen and oxygen atoms in total. The van der Waals surface area contributed by atoms with Gasteiger partial charge < -0.3 is 5.11 Å². The first-order chi connectivity index (χ1) is 5.63. The van der Waals surface area contributed by atoms with Crippen molar-refractivity contribution < 1.29 is 9.90 Å². The molecule has 1 N–H and O–H groups in total. The number of aromatic hydroxyl groups is 1. The van der Waals surface area contributed by atoms with Gasteiger partial charge in [-0.05, 0) is 12.1 Å². The molecule has 1 amide bonds. The van der Waals surface area contributed by atoms with E-state index >= 15 is 0 Å². The van der Waals surface area contributed by atoms with Gasteiger partial charge >= 0.3 is 0 Å². The highest BCUT2D eigenvalue weighted by atomic mass is 79.9. The molecule has 1 rings (SSSR count). The Balaban J connectivity index is 3.03. The number of phenolic OH excluding ortho intramolecular Hbond substituents is 1. The van der Waals surface area contributed by atoms with Crippen LogP contribution >= 0.6 is 32.3 Å². The van der Waals surface area contributed by atoms with Crippen LogP contribution in [0, 0.1) is 0 Å². The normalized spacial score (nSPS) is 9.50. The molecule has 1 aromatic carbocycles. The molecule has 0 aliphatic carbocycles. The van der Waals surface area contributed by atoms with Crippen molar-refractivity contribution >= 4 is 38.2 Å². The summed E-state index contributed by atoms with van der Waals surface area (Å²) >= 11 is 5.80. The summed E-state index contributed by atoms with van der Waals surface area (Å²) in [6.45, 7) is 0. The maximum Gasteiger partial charge on any atom is 0.277 e. The lowest BCUT2D eigenvalue weighted by Gasteiger charge is -2.05. The summed E-state index contributed by atoms with van der Waals surface area (Å²) in [5.41, 5.74) is 0.242. The number of para-hydroxylation sites is 1. The van der Waals surface area contributed by atoms with E-state index in [0.29, 0.717) is 0 Å². The Morgan fingerprint density at radius 2 is 1.92 bits per heavy atom. The lowest BCUT2D eigenvalue weighted by Crippen LogP contribution is -2.09. The fourth-order valence-corrected chi connectivity index (χ4v) is 1.13. The van der Waals surface area contributed by atoms with E-state index in [1.165, 1.54) is 12.1 Å². The fourth-order valence-electron chi connectivity index (χ4n) is 0.746. The number of halogens is 2. The zero-order chi connectivity index (χ0) is 9.14. The van der Waals surface area contributed by atoms with Gasteiger partial charge in [-0.25, -0.2) is 2.95 Å². The minimum absolute atomic E-state index is 0.0357. The molecule has 0 saturated carbocycles. The van der Waals surface area contributed by atoms with Gasteiger partial charge in [-0.2, -0.15) is 0 Å². The van der Waals surface area contributed by atoms with E-state index in [-0.39, 0.29) is 17.2 Å². The summed E-state index contributed by atoms with van der Waals surface area (Å²) in [7, 11) is 0. The molecule has 12 heavy (non-hydrogen) atoms. The second-order valence-electron chi connectivity index (χ2n) is 2.06. The number of phenols is 1. The molecule has 0 saturated heterocycles. The highest BCUT2D eigenvalue weighted by Crippen LogP contribution is 2.20. The Kier molecular flexibility index (Phi) is 3.11. The molecule has 0 fully saturated rings. The van der Waals surface area contributed by atoms with E-state index in [4.69, 9.17) is 0 Å². The summed E-state index contributed by atoms with van der Waals surface area (Å²) in [6, 6.07) is 6.32. The first kappa shape index (κ1) is 9.54. The van der Waals surface area contributed by atoms with Gasteiger partial charge in [0.1, 0.15) is 5.75 Å². The lowest BCUT2D eigenvalue weighted by molar-refractivity contribution is 0.0939. The maximum absolute atomic E-state index is 11.2. The Hall–Kier alpha value is -0.550. The van der Waals surface area contributed by atoms with Crippen LogP contribution in [-0.4, -0.2) is 14.0 Å². The SMILES string of the molecule is O=C(c1ccccc1O)N(Br)Br. The molecule has 0 aromatic heterocycles. The van der Waals surface area contributed by atoms with Gasteiger partial charge in [0.25, 0.3) is 5.91 Å². The third kappa shape index (κ3) is 1.98. The van der Waals surface area contributed by atoms with Crippen molar-refractivity contribution in [2.24, 2.45) is 0 Å². The molecule has 0 spiro atoms. The van der Waals surface area contributed by atoms with Crippen molar-refractivity contribution in [3.63, 3.8) is 0 Å². The van der Waals surface area contributed by atoms with E-state index in [1.54, 1.807) is 12.1 Å². The van der Waals surface area contributed by atoms with Crippen molar-refractivity contribution in [3.05, 3.63) is 29.8 Å². The van der Waals surface area contributed by atoms with Crippen LogP contribution in [0.3, 0.4) is 0 Å². The summed E-state index contributed by atoms with van der Waals surface area (Å²) < 4.78 is 1.05. The van der Waals surface area contributed by atoms with Gasteiger partial charge in [-0.15, -0.1) is 0 Å². The number of hydrogen-bond acceptors (Lipinski definition) is 2. The van der Waals surface area contributed by atoms with Gasteiger partial charge in [-0.3, -0.25) is 4.79 Å². The molecule has 0 unspecified atom stereocenters. The van der Waals surface area contributed by atoms with Crippen LogP contribution in [0.15, 0.2) is 24.3 Å². The van der Waals surface area contributed by atoms with Crippen LogP contribution in [-0.2, 0) is 0 Å². The standard InChI is InChI=1S/C7H5Br2NO2/c8-10(9)7(12)5-3-1-2-4-6(5)11/h1-4,11H. The fraction of sp³-hybridized carbons (Fsp3) is 0. The summed E-state index contributed by atoms with van der Waals surface area (Å²) in [6.07, 6.45) is 0. The molecule has 1 aromatic rings. The second-order valence-corrected chi connectivity index (χ2v) is 4.43. The average Bonchev–Trinajstić information content (AvgIpc) is 2.04. The first-order valence-corrected chi connectivity index (χ1v) is 4.49. The Labute approximate surface area is 86.7 Å². The number of rotatable bonds is 1. The maximum atomic E-state index is 11.2. The number of carbonyl (C=O) groups excluding carboxylic acids is 1. The molecular formula is C7H5Br2NO2. The smallest absolute Gasteiger partial charge is 0.277 e. The molecule has 0 aliphatic heterocycles. The van der Waals surface area contributed by atoms with Gasteiger partial charge in [0.15, 0.2) is 0 Å². The molecule has 5 heteroatoms. The van der Waals surface area contributed by atoms with Crippen LogP contribution in [0.5, 0.6) is 5.75 Å². The number of amides is 1. The minimum atomic E-state index is -0.354. The predicted molar refractivity (Wildman–Crippen MR) is 52.1 cm³/mol. The average molecular weight is 295 g/mol. The van der Waals surface area contributed by atoms with Crippen molar-refractivity contribution in [3.8, 4) is 5.75 Å². The molecule has 0 atom stereocenters. The van der Waals surface area contributed by atoms with Crippen molar-refractivity contribution in [2.75, 3.05) is 0 Å². The number of nitrogens with zero attached hydrogens (tertiary/aromatic N) is 1. The van der Waals surface area contributed by atoms with Crippen LogP contribution in [0.4, 0.5) is 0 Å². The van der Waals surface area contributed by atoms with E-state index in [1.807, 2.05) is 0 Å². The highest BCUT2D eigenvalue weighted by molar-refractivity contribution is 9.21. The van der Waals surface area contributed by atoms with Gasteiger partial charge in [0.2, 0.25) is 0 Å². The van der Waals surface area contributed by atoms with E-state index in [0.717, 1.165) is 2.95 Å². The van der Waals surface area contributed by atoms with Crippen LogP contribution in [0.2, 0.25) is 0 Å². The minimum Gasteiger partial charge on any atom is -0.507 e. The quantitative estimate of drug-likeness (QED) is 0.808. The van der Waals surface area contributed by atoms with Crippen LogP contribution < -0.4 is 0 Å². The molecule has 0 radical (unpaired) electrons. The molecule has 64 valence electrons. The third-order valence-electron chi connectivity index (χ3n) is 1.29. The molecule has 0 heterocycles. The zero-order valence-corrected chi connectivity index (χ0v) is 9.04. The molecular weight excluding hydrogens is 290 g/mol. The Morgan fingerprint density at radius 1 is 1.33 bits per heavy atom. The largest absolute Gasteiger partial charge is 0.507 e. The number of carbonyl (C=O) groups is 1. The van der Waals surface area contributed by atoms with E-state index < -0.39 is 0 Å². The predicted octanol–water partition coefficient (Wildman–Crippen LogP) is 2.45. The third-order valence-corrected chi connectivity index (χ3v) is 1.93. The lowest BCUT2D eigenvalue weighted by atomic mass is 10.2. The Morgan fingerprint density at radius 3 is 2.42 bits per heavy atom. The summed E-state index contributed by atoms with van der Waals surface area (Å²) in [5.74, 6) is -0.389.